The fourth-order valence-corrected chi connectivity index (χ4v) is 2.00. The molecule has 2 heterocycles. The Morgan fingerprint density at radius 3 is 3.06 bits per heavy atom. The quantitative estimate of drug-likeness (QED) is 0.750. The van der Waals surface area contributed by atoms with Gasteiger partial charge in [0, 0.05) is 0 Å². The summed E-state index contributed by atoms with van der Waals surface area (Å²) < 4.78 is 0. The maximum absolute atomic E-state index is 10.7. The summed E-state index contributed by atoms with van der Waals surface area (Å²) in [6.07, 6.45) is 1.40. The molecule has 0 aliphatic rings. The van der Waals surface area contributed by atoms with Crippen molar-refractivity contribution in [2.45, 2.75) is 12.5 Å². The number of aromatic nitrogens is 2. The van der Waals surface area contributed by atoms with E-state index in [1.54, 1.807) is 0 Å². The molecule has 0 amide bonds. The zero-order valence-electron chi connectivity index (χ0n) is 9.04. The second-order valence-corrected chi connectivity index (χ2v) is 4.69. The number of nitrogens with one attached hydrogen (secondary N) is 1. The molecule has 0 aliphatic heterocycles. The van der Waals surface area contributed by atoms with Gasteiger partial charge < -0.3 is 15.5 Å². The number of aliphatic carboxylic acids is 1. The number of hydrogen-bond donors (Lipinski definition) is 3. The molecule has 3 N–H and O–H groups in total. The molecule has 0 fully saturated rings. The van der Waals surface area contributed by atoms with E-state index in [-0.39, 0.29) is 6.54 Å². The highest BCUT2D eigenvalue weighted by atomic mass is 32.1. The average Bonchev–Trinajstić information content (AvgIpc) is 2.74. The van der Waals surface area contributed by atoms with E-state index in [9.17, 15) is 9.90 Å². The minimum absolute atomic E-state index is 0.121. The summed E-state index contributed by atoms with van der Waals surface area (Å²) in [5.74, 6) is -0.751. The van der Waals surface area contributed by atoms with Crippen molar-refractivity contribution in [3.05, 3.63) is 17.8 Å². The van der Waals surface area contributed by atoms with Gasteiger partial charge in [0.15, 0.2) is 5.60 Å². The summed E-state index contributed by atoms with van der Waals surface area (Å²) >= 11 is 1.47. The normalized spacial score (nSPS) is 14.5. The predicted octanol–water partition coefficient (Wildman–Crippen LogP) is 0.939. The van der Waals surface area contributed by atoms with Gasteiger partial charge in [0.1, 0.15) is 17.0 Å². The van der Waals surface area contributed by atoms with E-state index in [0.717, 1.165) is 10.2 Å². The lowest BCUT2D eigenvalue weighted by atomic mass is 10.1. The largest absolute Gasteiger partial charge is 0.479 e. The summed E-state index contributed by atoms with van der Waals surface area (Å²) in [6, 6.07) is 1.85. The lowest BCUT2D eigenvalue weighted by Gasteiger charge is -2.18. The second kappa shape index (κ2) is 4.27. The number of anilines is 1. The zero-order valence-corrected chi connectivity index (χ0v) is 9.86. The van der Waals surface area contributed by atoms with Crippen molar-refractivity contribution in [2.75, 3.05) is 11.9 Å². The molecule has 2 aromatic rings. The molecule has 7 heteroatoms. The molecular weight excluding hydrogens is 242 g/mol. The van der Waals surface area contributed by atoms with E-state index in [4.69, 9.17) is 5.11 Å². The van der Waals surface area contributed by atoms with Gasteiger partial charge in [-0.2, -0.15) is 0 Å². The lowest BCUT2D eigenvalue weighted by Crippen LogP contribution is -2.41. The van der Waals surface area contributed by atoms with Crippen molar-refractivity contribution in [1.82, 2.24) is 9.97 Å². The smallest absolute Gasteiger partial charge is 0.337 e. The Labute approximate surface area is 101 Å². The number of hydrogen-bond acceptors (Lipinski definition) is 6. The van der Waals surface area contributed by atoms with E-state index < -0.39 is 11.6 Å². The molecule has 0 aliphatic carbocycles. The SMILES string of the molecule is CC(O)(CNc1ncnc2sccc12)C(=O)O. The molecule has 90 valence electrons. The molecule has 0 bridgehead atoms. The molecule has 2 rings (SSSR count). The third kappa shape index (κ3) is 2.34. The Kier molecular flexibility index (Phi) is 2.95. The molecule has 0 radical (unpaired) electrons. The van der Waals surface area contributed by atoms with Crippen LogP contribution in [0.5, 0.6) is 0 Å². The molecule has 0 saturated carbocycles. The fourth-order valence-electron chi connectivity index (χ4n) is 1.26. The first-order valence-corrected chi connectivity index (χ1v) is 5.76. The third-order valence-electron chi connectivity index (χ3n) is 2.32. The van der Waals surface area contributed by atoms with Gasteiger partial charge in [-0.15, -0.1) is 11.3 Å². The lowest BCUT2D eigenvalue weighted by molar-refractivity contribution is -0.155. The number of rotatable bonds is 4. The number of aliphatic hydroxyl groups is 1. The maximum Gasteiger partial charge on any atom is 0.337 e. The van der Waals surface area contributed by atoms with Crippen LogP contribution in [0.2, 0.25) is 0 Å². The van der Waals surface area contributed by atoms with Gasteiger partial charge in [-0.05, 0) is 18.4 Å². The Balaban J connectivity index is 2.19. The predicted molar refractivity (Wildman–Crippen MR) is 64.2 cm³/mol. The molecule has 0 aromatic carbocycles. The van der Waals surface area contributed by atoms with E-state index >= 15 is 0 Å². The standard InChI is InChI=1S/C10H11N3O3S/c1-10(16,9(14)15)4-11-7-6-2-3-17-8(6)13-5-12-7/h2-3,5,16H,4H2,1H3,(H,14,15)(H,11,12,13). The van der Waals surface area contributed by atoms with E-state index in [1.165, 1.54) is 24.6 Å². The molecule has 0 spiro atoms. The summed E-state index contributed by atoms with van der Waals surface area (Å²) in [7, 11) is 0. The van der Waals surface area contributed by atoms with E-state index in [2.05, 4.69) is 15.3 Å². The minimum Gasteiger partial charge on any atom is -0.479 e. The Morgan fingerprint density at radius 1 is 1.59 bits per heavy atom. The topological polar surface area (TPSA) is 95.3 Å². The molecule has 1 atom stereocenters. The summed E-state index contributed by atoms with van der Waals surface area (Å²) in [4.78, 5) is 19.6. The van der Waals surface area contributed by atoms with Gasteiger partial charge in [-0.3, -0.25) is 0 Å². The average molecular weight is 253 g/mol. The van der Waals surface area contributed by atoms with Gasteiger partial charge in [-0.1, -0.05) is 0 Å². The van der Waals surface area contributed by atoms with Crippen molar-refractivity contribution >= 4 is 33.3 Å². The van der Waals surface area contributed by atoms with Gasteiger partial charge in [-0.25, -0.2) is 14.8 Å². The summed E-state index contributed by atoms with van der Waals surface area (Å²) in [5.41, 5.74) is -1.83. The first-order chi connectivity index (χ1) is 8.00. The van der Waals surface area contributed by atoms with Crippen LogP contribution in [0.4, 0.5) is 5.82 Å². The number of nitrogens with zero attached hydrogens (tertiary/aromatic N) is 2. The van der Waals surface area contributed by atoms with Crippen LogP contribution in [0.3, 0.4) is 0 Å². The Bertz CT molecular complexity index is 552. The molecule has 1 unspecified atom stereocenters. The van der Waals surface area contributed by atoms with Gasteiger partial charge >= 0.3 is 5.97 Å². The van der Waals surface area contributed by atoms with Crippen LogP contribution in [0.15, 0.2) is 17.8 Å². The van der Waals surface area contributed by atoms with Crippen molar-refractivity contribution in [1.29, 1.82) is 0 Å². The van der Waals surface area contributed by atoms with Crippen LogP contribution in [-0.4, -0.2) is 38.3 Å². The van der Waals surface area contributed by atoms with Crippen molar-refractivity contribution in [3.63, 3.8) is 0 Å². The third-order valence-corrected chi connectivity index (χ3v) is 3.14. The summed E-state index contributed by atoms with van der Waals surface area (Å²) in [6.45, 7) is 1.11. The highest BCUT2D eigenvalue weighted by Gasteiger charge is 2.29. The first kappa shape index (κ1) is 11.7. The molecular formula is C10H11N3O3S. The number of carboxylic acid groups (broad SMARTS) is 1. The number of carbonyl (C=O) groups is 1. The molecule has 6 nitrogen and oxygen atoms in total. The molecule has 0 saturated heterocycles. The van der Waals surface area contributed by atoms with E-state index in [0.29, 0.717) is 5.82 Å². The van der Waals surface area contributed by atoms with Gasteiger partial charge in [0.05, 0.1) is 11.9 Å². The van der Waals surface area contributed by atoms with Crippen molar-refractivity contribution in [2.24, 2.45) is 0 Å². The number of carboxylic acids is 1. The van der Waals surface area contributed by atoms with Gasteiger partial charge in [0.25, 0.3) is 0 Å². The van der Waals surface area contributed by atoms with Crippen LogP contribution < -0.4 is 5.32 Å². The minimum atomic E-state index is -1.83. The Hall–Kier alpha value is -1.73. The van der Waals surface area contributed by atoms with Crippen LogP contribution in [0.1, 0.15) is 6.92 Å². The second-order valence-electron chi connectivity index (χ2n) is 3.79. The maximum atomic E-state index is 10.7. The molecule has 17 heavy (non-hydrogen) atoms. The van der Waals surface area contributed by atoms with Crippen molar-refractivity contribution < 1.29 is 15.0 Å². The van der Waals surface area contributed by atoms with Crippen LogP contribution in [-0.2, 0) is 4.79 Å². The molecule has 2 aromatic heterocycles. The number of fused-ring (bicyclic) bond motifs is 1. The van der Waals surface area contributed by atoms with Gasteiger partial charge in [0.2, 0.25) is 0 Å². The van der Waals surface area contributed by atoms with Crippen LogP contribution in [0, 0.1) is 0 Å². The monoisotopic (exact) mass is 253 g/mol. The Morgan fingerprint density at radius 2 is 2.35 bits per heavy atom. The van der Waals surface area contributed by atoms with Crippen molar-refractivity contribution in [3.8, 4) is 0 Å². The fraction of sp³-hybridized carbons (Fsp3) is 0.300. The highest BCUT2D eigenvalue weighted by Crippen LogP contribution is 2.23. The van der Waals surface area contributed by atoms with E-state index in [1.807, 2.05) is 11.4 Å². The highest BCUT2D eigenvalue weighted by molar-refractivity contribution is 7.16. The number of thiophene rings is 1. The van der Waals surface area contributed by atoms with Crippen LogP contribution >= 0.6 is 11.3 Å². The summed E-state index contributed by atoms with van der Waals surface area (Å²) in [5, 5.41) is 23.9. The van der Waals surface area contributed by atoms with Crippen LogP contribution in [0.25, 0.3) is 10.2 Å². The first-order valence-electron chi connectivity index (χ1n) is 4.88. The zero-order chi connectivity index (χ0) is 12.5.